The Morgan fingerprint density at radius 2 is 0.839 bits per heavy atom. The van der Waals surface area contributed by atoms with E-state index in [1.807, 2.05) is 0 Å². The van der Waals surface area contributed by atoms with Gasteiger partial charge in [-0.2, -0.15) is 0 Å². The lowest BCUT2D eigenvalue weighted by molar-refractivity contribution is -0.136. The first-order valence-corrected chi connectivity index (χ1v) is 19.5. The number of carbonyl (C=O) groups is 5. The molecule has 0 amide bonds. The van der Waals surface area contributed by atoms with E-state index in [2.05, 4.69) is 10.2 Å². The predicted molar refractivity (Wildman–Crippen MR) is 223 cm³/mol. The number of hydrogen-bond acceptors (Lipinski definition) is 13. The maximum atomic E-state index is 14.2. The van der Waals surface area contributed by atoms with Gasteiger partial charge in [-0.25, -0.2) is 24.0 Å². The van der Waals surface area contributed by atoms with Crippen LogP contribution in [0.15, 0.2) is 180 Å². The van der Waals surface area contributed by atoms with Crippen molar-refractivity contribution in [3.63, 3.8) is 0 Å². The number of nitrogens with zero attached hydrogens (tertiary/aromatic N) is 2. The fourth-order valence-corrected chi connectivity index (χ4v) is 6.18. The van der Waals surface area contributed by atoms with Gasteiger partial charge in [-0.3, -0.25) is 0 Å². The van der Waals surface area contributed by atoms with Gasteiger partial charge in [-0.15, -0.1) is 10.2 Å². The highest BCUT2D eigenvalue weighted by Crippen LogP contribution is 2.34. The third kappa shape index (κ3) is 10.8. The van der Waals surface area contributed by atoms with Crippen LogP contribution in [0.2, 0.25) is 5.02 Å². The molecule has 0 fully saturated rings. The second-order valence-corrected chi connectivity index (χ2v) is 13.8. The molecular weight excluding hydrogens is 816 g/mol. The zero-order valence-electron chi connectivity index (χ0n) is 32.5. The van der Waals surface area contributed by atoms with E-state index in [-0.39, 0.29) is 33.7 Å². The van der Waals surface area contributed by atoms with E-state index >= 15 is 0 Å². The minimum Gasteiger partial charge on any atom is -0.458 e. The lowest BCUT2D eigenvalue weighted by Gasteiger charge is -2.35. The number of carbonyl (C=O) groups excluding carboxylic acids is 5. The summed E-state index contributed by atoms with van der Waals surface area (Å²) in [7, 11) is 0. The summed E-state index contributed by atoms with van der Waals surface area (Å²) in [6.07, 6.45) is -7.56. The molecule has 0 radical (unpaired) electrons. The van der Waals surface area contributed by atoms with E-state index in [1.165, 1.54) is 60.7 Å². The molecule has 0 saturated carbocycles. The smallest absolute Gasteiger partial charge is 0.339 e. The molecule has 0 N–H and O–H groups in total. The third-order valence-corrected chi connectivity index (χ3v) is 9.42. The van der Waals surface area contributed by atoms with Gasteiger partial charge in [0.05, 0.1) is 27.8 Å². The van der Waals surface area contributed by atoms with Crippen molar-refractivity contribution in [1.82, 2.24) is 10.2 Å². The molecule has 1 heterocycles. The SMILES string of the molecule is O=C(OC[C@H](OC(=O)c1ccccc1)[C@@H](OC(=O)c1ccccc1)[C@@H](OC(=O)c1ccccc1)[C@H](OC(=O)c1ccccc1)c1nnc(-c2ccc(Cl)cc2)o1)c1ccccc1. The number of halogens is 1. The number of ether oxygens (including phenoxy) is 5. The molecule has 13 nitrogen and oxygen atoms in total. The van der Waals surface area contributed by atoms with Gasteiger partial charge in [-0.1, -0.05) is 103 Å². The van der Waals surface area contributed by atoms with Crippen LogP contribution in [-0.4, -0.2) is 65.0 Å². The minimum atomic E-state index is -1.97. The summed E-state index contributed by atoms with van der Waals surface area (Å²) in [6, 6.07) is 45.7. The van der Waals surface area contributed by atoms with Crippen molar-refractivity contribution >= 4 is 41.4 Å². The lowest BCUT2D eigenvalue weighted by Crippen LogP contribution is -2.51. The highest BCUT2D eigenvalue weighted by atomic mass is 35.5. The van der Waals surface area contributed by atoms with Gasteiger partial charge in [0, 0.05) is 10.6 Å². The Bertz CT molecular complexity index is 2590. The molecule has 310 valence electrons. The molecule has 0 aliphatic rings. The normalized spacial score (nSPS) is 12.7. The van der Waals surface area contributed by atoms with Crippen LogP contribution in [0.5, 0.6) is 0 Å². The quantitative estimate of drug-likeness (QED) is 0.0668. The fourth-order valence-electron chi connectivity index (χ4n) is 6.05. The number of esters is 5. The van der Waals surface area contributed by atoms with Crippen LogP contribution in [0.1, 0.15) is 63.8 Å². The van der Waals surface area contributed by atoms with Crippen molar-refractivity contribution in [3.8, 4) is 11.5 Å². The van der Waals surface area contributed by atoms with E-state index in [0.29, 0.717) is 10.6 Å². The highest BCUT2D eigenvalue weighted by molar-refractivity contribution is 6.30. The summed E-state index contributed by atoms with van der Waals surface area (Å²) in [4.78, 5) is 69.8. The van der Waals surface area contributed by atoms with E-state index < -0.39 is 66.8 Å². The Labute approximate surface area is 359 Å². The molecule has 0 saturated heterocycles. The second kappa shape index (κ2) is 20.4. The summed E-state index contributed by atoms with van der Waals surface area (Å²) in [6.45, 7) is -0.766. The average Bonchev–Trinajstić information content (AvgIpc) is 3.82. The summed E-state index contributed by atoms with van der Waals surface area (Å²) in [5.41, 5.74) is 0.814. The average molecular weight is 851 g/mol. The van der Waals surface area contributed by atoms with Crippen LogP contribution in [0.3, 0.4) is 0 Å². The maximum absolute atomic E-state index is 14.2. The summed E-state index contributed by atoms with van der Waals surface area (Å²) in [5, 5.41) is 8.82. The zero-order chi connectivity index (χ0) is 43.3. The van der Waals surface area contributed by atoms with Crippen LogP contribution in [0, 0.1) is 0 Å². The molecule has 7 aromatic rings. The summed E-state index contributed by atoms with van der Waals surface area (Å²) >= 11 is 6.13. The monoisotopic (exact) mass is 850 g/mol. The van der Waals surface area contributed by atoms with Crippen molar-refractivity contribution in [2.24, 2.45) is 0 Å². The van der Waals surface area contributed by atoms with Crippen molar-refractivity contribution in [3.05, 3.63) is 215 Å². The molecule has 0 aliphatic heterocycles. The Kier molecular flexibility index (Phi) is 13.9. The number of aromatic nitrogens is 2. The molecular formula is C48H35ClN2O11. The summed E-state index contributed by atoms with van der Waals surface area (Å²) < 4.78 is 36.4. The largest absolute Gasteiger partial charge is 0.458 e. The standard InChI is InChI=1S/C48H35ClN2O11/c49-37-28-26-31(27-29-37)42-50-51-43(62-42)41(61-48(56)36-24-14-5-15-25-36)40(60-47(55)35-22-12-4-13-23-35)39(59-46(54)34-20-10-3-11-21-34)38(58-45(53)33-18-8-2-9-19-33)30-57-44(52)32-16-6-1-7-17-32/h1-29,38-41H,30H2/t38-,39+,40+,41-/m0/s1. The molecule has 0 aliphatic carbocycles. The van der Waals surface area contributed by atoms with Gasteiger partial charge < -0.3 is 28.1 Å². The fraction of sp³-hybridized carbons (Fsp3) is 0.104. The third-order valence-electron chi connectivity index (χ3n) is 9.17. The molecule has 6 aromatic carbocycles. The molecule has 1 aromatic heterocycles. The minimum absolute atomic E-state index is 0.0412. The van der Waals surface area contributed by atoms with Gasteiger partial charge >= 0.3 is 29.8 Å². The first-order valence-electron chi connectivity index (χ1n) is 19.1. The van der Waals surface area contributed by atoms with E-state index in [1.54, 1.807) is 115 Å². The van der Waals surface area contributed by atoms with Crippen LogP contribution in [-0.2, 0) is 23.7 Å². The van der Waals surface area contributed by atoms with E-state index in [9.17, 15) is 24.0 Å². The molecule has 0 unspecified atom stereocenters. The van der Waals surface area contributed by atoms with E-state index in [0.717, 1.165) is 0 Å². The Hall–Kier alpha value is -7.90. The van der Waals surface area contributed by atoms with Crippen molar-refractivity contribution in [2.75, 3.05) is 6.61 Å². The summed E-state index contributed by atoms with van der Waals surface area (Å²) in [5.74, 6) is -5.12. The van der Waals surface area contributed by atoms with Crippen molar-refractivity contribution in [2.45, 2.75) is 24.4 Å². The van der Waals surface area contributed by atoms with Crippen LogP contribution < -0.4 is 0 Å². The zero-order valence-corrected chi connectivity index (χ0v) is 33.3. The molecule has 4 atom stereocenters. The Balaban J connectivity index is 1.40. The number of benzene rings is 6. The Morgan fingerprint density at radius 1 is 0.452 bits per heavy atom. The first-order chi connectivity index (χ1) is 30.2. The molecule has 7 rings (SSSR count). The first kappa shape index (κ1) is 42.2. The van der Waals surface area contributed by atoms with Crippen molar-refractivity contribution < 1.29 is 52.1 Å². The van der Waals surface area contributed by atoms with Crippen LogP contribution >= 0.6 is 11.6 Å². The lowest BCUT2D eigenvalue weighted by atomic mass is 10.0. The Morgan fingerprint density at radius 3 is 1.29 bits per heavy atom. The van der Waals surface area contributed by atoms with Gasteiger partial charge in [0.25, 0.3) is 5.89 Å². The van der Waals surface area contributed by atoms with Crippen molar-refractivity contribution in [1.29, 1.82) is 0 Å². The topological polar surface area (TPSA) is 170 Å². The molecule has 14 heteroatoms. The second-order valence-electron chi connectivity index (χ2n) is 13.4. The van der Waals surface area contributed by atoms with Gasteiger partial charge in [0.15, 0.2) is 18.3 Å². The number of rotatable bonds is 16. The maximum Gasteiger partial charge on any atom is 0.339 e. The number of hydrogen-bond donors (Lipinski definition) is 0. The molecule has 62 heavy (non-hydrogen) atoms. The van der Waals surface area contributed by atoms with Gasteiger partial charge in [0.2, 0.25) is 12.0 Å². The highest BCUT2D eigenvalue weighted by Gasteiger charge is 2.48. The predicted octanol–water partition coefficient (Wildman–Crippen LogP) is 8.82. The van der Waals surface area contributed by atoms with E-state index in [4.69, 9.17) is 39.7 Å². The van der Waals surface area contributed by atoms with Crippen LogP contribution in [0.25, 0.3) is 11.5 Å². The molecule has 0 spiro atoms. The van der Waals surface area contributed by atoms with Gasteiger partial charge in [-0.05, 0) is 84.9 Å². The van der Waals surface area contributed by atoms with Gasteiger partial charge in [0.1, 0.15) is 6.61 Å². The molecule has 0 bridgehead atoms. The van der Waals surface area contributed by atoms with Crippen LogP contribution in [0.4, 0.5) is 0 Å².